The van der Waals surface area contributed by atoms with Gasteiger partial charge in [0.05, 0.1) is 0 Å². The lowest BCUT2D eigenvalue weighted by atomic mass is 10.0. The van der Waals surface area contributed by atoms with Crippen molar-refractivity contribution in [3.8, 4) is 0 Å². The number of rotatable bonds is 3. The predicted octanol–water partition coefficient (Wildman–Crippen LogP) is 3.10. The van der Waals surface area contributed by atoms with Crippen LogP contribution in [-0.4, -0.2) is 4.74 Å². The van der Waals surface area contributed by atoms with Crippen LogP contribution in [0.15, 0.2) is 60.7 Å². The van der Waals surface area contributed by atoms with E-state index in [0.29, 0.717) is 0 Å². The predicted molar refractivity (Wildman–Crippen MR) is 62.3 cm³/mol. The minimum absolute atomic E-state index is 0.0485. The van der Waals surface area contributed by atoms with Gasteiger partial charge >= 0.3 is 0 Å². The number of aliphatic hydroxyl groups is 2. The average molecular weight is 198 g/mol. The first-order valence-electron chi connectivity index (χ1n) is 4.97. The summed E-state index contributed by atoms with van der Waals surface area (Å²) in [5.41, 5.74) is 2.36. The molecule has 2 aromatic rings. The van der Waals surface area contributed by atoms with E-state index in [0.717, 1.165) is 0 Å². The molecular formula is C14H14O. The lowest BCUT2D eigenvalue weighted by molar-refractivity contribution is -0.000760. The van der Waals surface area contributed by atoms with Crippen molar-refractivity contribution < 1.29 is 4.74 Å². The fraction of sp³-hybridized carbons (Fsp3) is 0.0714. The SMILES string of the molecule is [CH2-][OH+]C(c1ccccc1)c1ccccc1. The summed E-state index contributed by atoms with van der Waals surface area (Å²) >= 11 is 0. The zero-order valence-electron chi connectivity index (χ0n) is 8.51. The van der Waals surface area contributed by atoms with Gasteiger partial charge in [0.1, 0.15) is 0 Å². The highest BCUT2D eigenvalue weighted by Crippen LogP contribution is 2.23. The number of ether oxygens (including phenoxy) is 1. The van der Waals surface area contributed by atoms with E-state index in [4.69, 9.17) is 0 Å². The molecule has 2 aromatic carbocycles. The van der Waals surface area contributed by atoms with Crippen LogP contribution < -0.4 is 0 Å². The largest absolute Gasteiger partial charge is 0.572 e. The fourth-order valence-corrected chi connectivity index (χ4v) is 1.67. The van der Waals surface area contributed by atoms with E-state index in [-0.39, 0.29) is 6.10 Å². The van der Waals surface area contributed by atoms with Crippen LogP contribution in [0, 0.1) is 7.11 Å². The van der Waals surface area contributed by atoms with Crippen LogP contribution in [0.2, 0.25) is 0 Å². The van der Waals surface area contributed by atoms with Crippen molar-refractivity contribution in [2.24, 2.45) is 0 Å². The highest BCUT2D eigenvalue weighted by Gasteiger charge is 2.13. The molecule has 0 atom stereocenters. The lowest BCUT2D eigenvalue weighted by Gasteiger charge is -2.16. The van der Waals surface area contributed by atoms with Crippen LogP contribution >= 0.6 is 0 Å². The minimum Gasteiger partial charge on any atom is -0.572 e. The van der Waals surface area contributed by atoms with Gasteiger partial charge < -0.3 is 4.74 Å². The topological polar surface area (TPSA) is 12.8 Å². The summed E-state index contributed by atoms with van der Waals surface area (Å²) in [7, 11) is 3.66. The van der Waals surface area contributed by atoms with Crippen molar-refractivity contribution in [3.05, 3.63) is 78.9 Å². The van der Waals surface area contributed by atoms with Crippen molar-refractivity contribution in [1.29, 1.82) is 0 Å². The molecule has 2 rings (SSSR count). The van der Waals surface area contributed by atoms with Gasteiger partial charge in [-0.2, -0.15) is 0 Å². The van der Waals surface area contributed by atoms with Gasteiger partial charge in [-0.05, 0) is 0 Å². The molecule has 0 fully saturated rings. The lowest BCUT2D eigenvalue weighted by Crippen LogP contribution is -2.05. The zero-order valence-corrected chi connectivity index (χ0v) is 8.51. The molecule has 0 radical (unpaired) electrons. The van der Waals surface area contributed by atoms with Gasteiger partial charge in [0.15, 0.2) is 6.10 Å². The maximum Gasteiger partial charge on any atom is 0.182 e. The third kappa shape index (κ3) is 2.25. The van der Waals surface area contributed by atoms with Gasteiger partial charge in [-0.1, -0.05) is 67.8 Å². The molecule has 0 aliphatic rings. The van der Waals surface area contributed by atoms with Crippen LogP contribution in [0.3, 0.4) is 0 Å². The van der Waals surface area contributed by atoms with Crippen molar-refractivity contribution >= 4 is 0 Å². The molecule has 1 N–H and O–H groups in total. The maximum absolute atomic E-state index is 4.18. The van der Waals surface area contributed by atoms with Gasteiger partial charge in [0.2, 0.25) is 0 Å². The zero-order chi connectivity index (χ0) is 10.5. The maximum atomic E-state index is 4.18. The first kappa shape index (κ1) is 9.94. The standard InChI is InChI=1S/C14H14O/c1-15-14(12-8-4-2-5-9-12)13-10-6-3-7-11-13/h2-11,14-15H,1H2. The third-order valence-electron chi connectivity index (χ3n) is 2.41. The van der Waals surface area contributed by atoms with E-state index in [1.54, 1.807) is 0 Å². The number of benzene rings is 2. The Morgan fingerprint density at radius 2 is 1.13 bits per heavy atom. The van der Waals surface area contributed by atoms with Crippen LogP contribution in [0.5, 0.6) is 0 Å². The summed E-state index contributed by atoms with van der Waals surface area (Å²) in [6.45, 7) is 0. The molecule has 76 valence electrons. The van der Waals surface area contributed by atoms with Gasteiger partial charge in [-0.25, -0.2) is 0 Å². The summed E-state index contributed by atoms with van der Waals surface area (Å²) in [5.74, 6) is 0. The Balaban J connectivity index is 2.34. The average Bonchev–Trinajstić information content (AvgIpc) is 2.33. The fourth-order valence-electron chi connectivity index (χ4n) is 1.67. The van der Waals surface area contributed by atoms with Crippen molar-refractivity contribution in [2.45, 2.75) is 6.10 Å². The quantitative estimate of drug-likeness (QED) is 0.531. The van der Waals surface area contributed by atoms with Crippen molar-refractivity contribution in [3.63, 3.8) is 0 Å². The molecule has 0 amide bonds. The second-order valence-electron chi connectivity index (χ2n) is 3.41. The normalized spacial score (nSPS) is 10.5. The Morgan fingerprint density at radius 3 is 1.47 bits per heavy atom. The van der Waals surface area contributed by atoms with Gasteiger partial charge in [-0.15, -0.1) is 0 Å². The smallest absolute Gasteiger partial charge is 0.182 e. The molecule has 15 heavy (non-hydrogen) atoms. The molecule has 0 saturated carbocycles. The Morgan fingerprint density at radius 1 is 0.733 bits per heavy atom. The monoisotopic (exact) mass is 198 g/mol. The van der Waals surface area contributed by atoms with E-state index in [9.17, 15) is 0 Å². The Bertz CT molecular complexity index is 355. The Labute approximate surface area is 90.3 Å². The highest BCUT2D eigenvalue weighted by molar-refractivity contribution is 5.29. The van der Waals surface area contributed by atoms with Crippen LogP contribution in [0.25, 0.3) is 0 Å². The summed E-state index contributed by atoms with van der Waals surface area (Å²) in [6, 6.07) is 20.4. The molecule has 0 aliphatic carbocycles. The van der Waals surface area contributed by atoms with E-state index in [1.165, 1.54) is 11.1 Å². The molecular weight excluding hydrogens is 184 g/mol. The highest BCUT2D eigenvalue weighted by atomic mass is 16.5. The van der Waals surface area contributed by atoms with Crippen LogP contribution in [-0.2, 0) is 0 Å². The van der Waals surface area contributed by atoms with Crippen molar-refractivity contribution in [2.75, 3.05) is 0 Å². The molecule has 0 spiro atoms. The summed E-state index contributed by atoms with van der Waals surface area (Å²) in [5, 5.41) is 0. The second kappa shape index (κ2) is 4.76. The first-order chi connectivity index (χ1) is 7.42. The van der Waals surface area contributed by atoms with E-state index in [2.05, 4.69) is 36.1 Å². The molecule has 0 saturated heterocycles. The van der Waals surface area contributed by atoms with Gasteiger partial charge in [0.25, 0.3) is 0 Å². The second-order valence-corrected chi connectivity index (χ2v) is 3.41. The number of hydrogen-bond acceptors (Lipinski definition) is 0. The molecule has 0 unspecified atom stereocenters. The van der Waals surface area contributed by atoms with Gasteiger partial charge in [-0.3, -0.25) is 0 Å². The summed E-state index contributed by atoms with van der Waals surface area (Å²) in [6.07, 6.45) is 0.0485. The molecule has 0 bridgehead atoms. The van der Waals surface area contributed by atoms with Gasteiger partial charge in [0, 0.05) is 11.1 Å². The first-order valence-corrected chi connectivity index (χ1v) is 4.97. The Hall–Kier alpha value is -1.60. The third-order valence-corrected chi connectivity index (χ3v) is 2.41. The molecule has 0 aliphatic heterocycles. The molecule has 0 heterocycles. The van der Waals surface area contributed by atoms with E-state index >= 15 is 0 Å². The van der Waals surface area contributed by atoms with E-state index in [1.807, 2.05) is 36.4 Å². The molecule has 1 heteroatoms. The minimum atomic E-state index is 0.0485. The van der Waals surface area contributed by atoms with E-state index < -0.39 is 0 Å². The number of hydrogen-bond donors (Lipinski definition) is 0. The molecule has 1 nitrogen and oxygen atoms in total. The summed E-state index contributed by atoms with van der Waals surface area (Å²) < 4.78 is 4.18. The molecule has 0 aromatic heterocycles. The summed E-state index contributed by atoms with van der Waals surface area (Å²) in [4.78, 5) is 0. The van der Waals surface area contributed by atoms with Crippen molar-refractivity contribution in [1.82, 2.24) is 0 Å². The van der Waals surface area contributed by atoms with Crippen LogP contribution in [0.4, 0.5) is 0 Å². The Kier molecular flexibility index (Phi) is 3.15. The van der Waals surface area contributed by atoms with Crippen LogP contribution in [0.1, 0.15) is 17.2 Å².